The highest BCUT2D eigenvalue weighted by Crippen LogP contribution is 2.19. The molecule has 0 aromatic heterocycles. The fraction of sp³-hybridized carbons (Fsp3) is 0.250. The summed E-state index contributed by atoms with van der Waals surface area (Å²) in [5.74, 6) is 0.0207. The Balaban J connectivity index is 2.63. The SMILES string of the molecule is C=CCCC(=O)Nc1cc(C)cc(Br)c1. The average molecular weight is 268 g/mol. The molecule has 0 atom stereocenters. The van der Waals surface area contributed by atoms with Gasteiger partial charge >= 0.3 is 0 Å². The van der Waals surface area contributed by atoms with Gasteiger partial charge in [-0.3, -0.25) is 4.79 Å². The van der Waals surface area contributed by atoms with E-state index >= 15 is 0 Å². The van der Waals surface area contributed by atoms with Crippen molar-refractivity contribution < 1.29 is 4.79 Å². The van der Waals surface area contributed by atoms with Crippen LogP contribution in [-0.2, 0) is 4.79 Å². The second kappa shape index (κ2) is 5.71. The number of aryl methyl sites for hydroxylation is 1. The molecule has 0 aliphatic carbocycles. The van der Waals surface area contributed by atoms with Crippen LogP contribution in [0.4, 0.5) is 5.69 Å². The molecular formula is C12H14BrNO. The summed E-state index contributed by atoms with van der Waals surface area (Å²) >= 11 is 3.39. The molecule has 0 fully saturated rings. The molecule has 1 rings (SSSR count). The number of hydrogen-bond acceptors (Lipinski definition) is 1. The minimum atomic E-state index is 0.0207. The second-order valence-electron chi connectivity index (χ2n) is 3.39. The van der Waals surface area contributed by atoms with E-state index in [0.717, 1.165) is 15.7 Å². The third-order valence-corrected chi connectivity index (χ3v) is 2.36. The fourth-order valence-electron chi connectivity index (χ4n) is 1.27. The minimum Gasteiger partial charge on any atom is -0.326 e. The van der Waals surface area contributed by atoms with Gasteiger partial charge in [-0.25, -0.2) is 0 Å². The van der Waals surface area contributed by atoms with E-state index in [1.165, 1.54) is 0 Å². The highest BCUT2D eigenvalue weighted by atomic mass is 79.9. The van der Waals surface area contributed by atoms with Gasteiger partial charge in [0.15, 0.2) is 0 Å². The number of carbonyl (C=O) groups is 1. The summed E-state index contributed by atoms with van der Waals surface area (Å²) in [4.78, 5) is 11.4. The van der Waals surface area contributed by atoms with E-state index in [-0.39, 0.29) is 5.91 Å². The lowest BCUT2D eigenvalue weighted by Gasteiger charge is -2.06. The first-order valence-corrected chi connectivity index (χ1v) is 5.59. The third-order valence-electron chi connectivity index (χ3n) is 1.90. The van der Waals surface area contributed by atoms with E-state index < -0.39 is 0 Å². The van der Waals surface area contributed by atoms with E-state index in [1.54, 1.807) is 6.08 Å². The molecule has 0 aliphatic rings. The number of amides is 1. The Morgan fingerprint density at radius 1 is 1.53 bits per heavy atom. The Morgan fingerprint density at radius 3 is 2.87 bits per heavy atom. The van der Waals surface area contributed by atoms with Crippen LogP contribution in [0.1, 0.15) is 18.4 Å². The molecule has 0 unspecified atom stereocenters. The number of hydrogen-bond donors (Lipinski definition) is 1. The van der Waals surface area contributed by atoms with Crippen LogP contribution in [0, 0.1) is 6.92 Å². The summed E-state index contributed by atoms with van der Waals surface area (Å²) in [7, 11) is 0. The van der Waals surface area contributed by atoms with Gasteiger partial charge in [0, 0.05) is 16.6 Å². The lowest BCUT2D eigenvalue weighted by molar-refractivity contribution is -0.116. The van der Waals surface area contributed by atoms with Crippen molar-refractivity contribution in [2.45, 2.75) is 19.8 Å². The van der Waals surface area contributed by atoms with Gasteiger partial charge in [-0.1, -0.05) is 22.0 Å². The van der Waals surface area contributed by atoms with Crippen LogP contribution >= 0.6 is 15.9 Å². The lowest BCUT2D eigenvalue weighted by Crippen LogP contribution is -2.10. The van der Waals surface area contributed by atoms with Gasteiger partial charge in [-0.15, -0.1) is 6.58 Å². The number of allylic oxidation sites excluding steroid dienone is 1. The van der Waals surface area contributed by atoms with Crippen molar-refractivity contribution in [2.75, 3.05) is 5.32 Å². The topological polar surface area (TPSA) is 29.1 Å². The molecule has 2 nitrogen and oxygen atoms in total. The van der Waals surface area contributed by atoms with E-state index in [2.05, 4.69) is 27.8 Å². The maximum atomic E-state index is 11.4. The molecule has 0 bridgehead atoms. The zero-order valence-corrected chi connectivity index (χ0v) is 10.3. The van der Waals surface area contributed by atoms with Crippen LogP contribution in [0.25, 0.3) is 0 Å². The maximum absolute atomic E-state index is 11.4. The summed E-state index contributed by atoms with van der Waals surface area (Å²) in [6.07, 6.45) is 2.93. The molecule has 0 heterocycles. The van der Waals surface area contributed by atoms with Crippen LogP contribution < -0.4 is 5.32 Å². The van der Waals surface area contributed by atoms with Crippen LogP contribution in [0.5, 0.6) is 0 Å². The van der Waals surface area contributed by atoms with Crippen LogP contribution in [0.15, 0.2) is 35.3 Å². The highest BCUT2D eigenvalue weighted by molar-refractivity contribution is 9.10. The molecule has 0 spiro atoms. The Morgan fingerprint density at radius 2 is 2.27 bits per heavy atom. The summed E-state index contributed by atoms with van der Waals surface area (Å²) < 4.78 is 0.974. The quantitative estimate of drug-likeness (QED) is 0.829. The first-order chi connectivity index (χ1) is 7.11. The first-order valence-electron chi connectivity index (χ1n) is 4.80. The number of rotatable bonds is 4. The van der Waals surface area contributed by atoms with E-state index in [1.807, 2.05) is 25.1 Å². The van der Waals surface area contributed by atoms with Gasteiger partial charge in [0.2, 0.25) is 5.91 Å². The van der Waals surface area contributed by atoms with Gasteiger partial charge in [0.1, 0.15) is 0 Å². The molecule has 0 saturated heterocycles. The van der Waals surface area contributed by atoms with Crippen LogP contribution in [-0.4, -0.2) is 5.91 Å². The van der Waals surface area contributed by atoms with Crippen LogP contribution in [0.2, 0.25) is 0 Å². The number of nitrogens with one attached hydrogen (secondary N) is 1. The zero-order chi connectivity index (χ0) is 11.3. The van der Waals surface area contributed by atoms with Gasteiger partial charge < -0.3 is 5.32 Å². The molecule has 3 heteroatoms. The van der Waals surface area contributed by atoms with Gasteiger partial charge in [-0.2, -0.15) is 0 Å². The van der Waals surface area contributed by atoms with E-state index in [0.29, 0.717) is 12.8 Å². The second-order valence-corrected chi connectivity index (χ2v) is 4.31. The first kappa shape index (κ1) is 12.0. The Labute approximate surface area is 98.5 Å². The number of halogens is 1. The predicted octanol–water partition coefficient (Wildman–Crippen LogP) is 3.66. The van der Waals surface area contributed by atoms with Gasteiger partial charge in [-0.05, 0) is 37.1 Å². The molecule has 0 radical (unpaired) electrons. The summed E-state index contributed by atoms with van der Waals surface area (Å²) in [5, 5.41) is 2.84. The van der Waals surface area contributed by atoms with Gasteiger partial charge in [0.05, 0.1) is 0 Å². The highest BCUT2D eigenvalue weighted by Gasteiger charge is 2.02. The minimum absolute atomic E-state index is 0.0207. The number of benzene rings is 1. The van der Waals surface area contributed by atoms with Crippen molar-refractivity contribution in [3.8, 4) is 0 Å². The molecule has 1 N–H and O–H groups in total. The summed E-state index contributed by atoms with van der Waals surface area (Å²) in [5.41, 5.74) is 1.94. The monoisotopic (exact) mass is 267 g/mol. The molecule has 1 aromatic rings. The van der Waals surface area contributed by atoms with Crippen molar-refractivity contribution in [3.05, 3.63) is 40.9 Å². The molecule has 15 heavy (non-hydrogen) atoms. The molecule has 0 aliphatic heterocycles. The Hall–Kier alpha value is -1.09. The van der Waals surface area contributed by atoms with E-state index in [4.69, 9.17) is 0 Å². The zero-order valence-electron chi connectivity index (χ0n) is 8.72. The average Bonchev–Trinajstić information content (AvgIpc) is 2.13. The van der Waals surface area contributed by atoms with Crippen LogP contribution in [0.3, 0.4) is 0 Å². The number of anilines is 1. The maximum Gasteiger partial charge on any atom is 0.224 e. The van der Waals surface area contributed by atoms with Crippen molar-refractivity contribution in [1.29, 1.82) is 0 Å². The Kier molecular flexibility index (Phi) is 4.56. The Bertz CT molecular complexity index is 354. The fourth-order valence-corrected chi connectivity index (χ4v) is 1.87. The summed E-state index contributed by atoms with van der Waals surface area (Å²) in [6.45, 7) is 5.57. The van der Waals surface area contributed by atoms with Crippen molar-refractivity contribution >= 4 is 27.5 Å². The largest absolute Gasteiger partial charge is 0.326 e. The smallest absolute Gasteiger partial charge is 0.224 e. The molecule has 1 amide bonds. The van der Waals surface area contributed by atoms with E-state index in [9.17, 15) is 4.79 Å². The molecule has 80 valence electrons. The molecule has 0 saturated carbocycles. The number of carbonyl (C=O) groups excluding carboxylic acids is 1. The van der Waals surface area contributed by atoms with Crippen molar-refractivity contribution in [2.24, 2.45) is 0 Å². The van der Waals surface area contributed by atoms with Crippen molar-refractivity contribution in [1.82, 2.24) is 0 Å². The standard InChI is InChI=1S/C12H14BrNO/c1-3-4-5-12(15)14-11-7-9(2)6-10(13)8-11/h3,6-8H,1,4-5H2,2H3,(H,14,15). The molecular weight excluding hydrogens is 254 g/mol. The summed E-state index contributed by atoms with van der Waals surface area (Å²) in [6, 6.07) is 5.83. The lowest BCUT2D eigenvalue weighted by atomic mass is 10.2. The van der Waals surface area contributed by atoms with Gasteiger partial charge in [0.25, 0.3) is 0 Å². The molecule has 1 aromatic carbocycles. The normalized spacial score (nSPS) is 9.73. The third kappa shape index (κ3) is 4.30. The van der Waals surface area contributed by atoms with Crippen molar-refractivity contribution in [3.63, 3.8) is 0 Å². The predicted molar refractivity (Wildman–Crippen MR) is 66.9 cm³/mol.